The van der Waals surface area contributed by atoms with Gasteiger partial charge in [-0.25, -0.2) is 0 Å². The summed E-state index contributed by atoms with van der Waals surface area (Å²) in [6, 6.07) is 6.55. The molecule has 0 aliphatic heterocycles. The molecule has 2 nitrogen and oxygen atoms in total. The van der Waals surface area contributed by atoms with Gasteiger partial charge in [-0.2, -0.15) is 0 Å². The quantitative estimate of drug-likeness (QED) is 0.867. The molecule has 2 atom stereocenters. The maximum Gasteiger partial charge on any atom is 0.0719 e. The van der Waals surface area contributed by atoms with Crippen LogP contribution < -0.4 is 5.73 Å². The second-order valence-corrected chi connectivity index (χ2v) is 5.63. The number of ether oxygens (including phenoxy) is 1. The van der Waals surface area contributed by atoms with Crippen LogP contribution in [0, 0.1) is 25.7 Å². The minimum atomic E-state index is 0.681. The Hall–Kier alpha value is -0.860. The van der Waals surface area contributed by atoms with E-state index in [2.05, 4.69) is 32.0 Å². The lowest BCUT2D eigenvalue weighted by Gasteiger charge is -2.18. The van der Waals surface area contributed by atoms with E-state index in [1.807, 2.05) is 0 Å². The summed E-state index contributed by atoms with van der Waals surface area (Å²) in [6.07, 6.45) is 3.89. The van der Waals surface area contributed by atoms with Gasteiger partial charge in [0, 0.05) is 0 Å². The van der Waals surface area contributed by atoms with Gasteiger partial charge in [0.1, 0.15) is 0 Å². The van der Waals surface area contributed by atoms with Gasteiger partial charge >= 0.3 is 0 Å². The van der Waals surface area contributed by atoms with E-state index < -0.39 is 0 Å². The van der Waals surface area contributed by atoms with Crippen LogP contribution in [-0.2, 0) is 11.3 Å². The van der Waals surface area contributed by atoms with Gasteiger partial charge < -0.3 is 10.5 Å². The molecule has 0 bridgehead atoms. The number of benzene rings is 1. The number of rotatable bonds is 5. The summed E-state index contributed by atoms with van der Waals surface area (Å²) in [5, 5.41) is 0. The van der Waals surface area contributed by atoms with Crippen molar-refractivity contribution in [3.63, 3.8) is 0 Å². The van der Waals surface area contributed by atoms with E-state index in [0.717, 1.165) is 19.8 Å². The highest BCUT2D eigenvalue weighted by molar-refractivity contribution is 5.29. The molecule has 1 aliphatic rings. The molecule has 100 valence electrons. The predicted molar refractivity (Wildman–Crippen MR) is 75.5 cm³/mol. The number of hydrogen-bond acceptors (Lipinski definition) is 2. The molecule has 0 aromatic heterocycles. The van der Waals surface area contributed by atoms with Crippen LogP contribution in [0.2, 0.25) is 0 Å². The summed E-state index contributed by atoms with van der Waals surface area (Å²) in [5.74, 6) is 1.36. The Bertz CT molecular complexity index is 389. The van der Waals surface area contributed by atoms with E-state index in [1.54, 1.807) is 0 Å². The van der Waals surface area contributed by atoms with Crippen LogP contribution in [0.5, 0.6) is 0 Å². The van der Waals surface area contributed by atoms with Crippen LogP contribution in [0.3, 0.4) is 0 Å². The molecule has 0 saturated heterocycles. The molecule has 2 unspecified atom stereocenters. The van der Waals surface area contributed by atoms with E-state index >= 15 is 0 Å². The van der Waals surface area contributed by atoms with Gasteiger partial charge in [-0.3, -0.25) is 0 Å². The fraction of sp³-hybridized carbons (Fsp3) is 0.625. The van der Waals surface area contributed by atoms with Gasteiger partial charge in [0.05, 0.1) is 13.2 Å². The maximum absolute atomic E-state index is 5.92. The summed E-state index contributed by atoms with van der Waals surface area (Å²) in [7, 11) is 0. The number of nitrogens with two attached hydrogens (primary N) is 1. The van der Waals surface area contributed by atoms with E-state index in [1.165, 1.54) is 36.0 Å². The molecule has 0 radical (unpaired) electrons. The summed E-state index contributed by atoms with van der Waals surface area (Å²) in [6.45, 7) is 6.70. The minimum Gasteiger partial charge on any atom is -0.376 e. The Balaban J connectivity index is 1.83. The molecule has 0 heterocycles. The van der Waals surface area contributed by atoms with Gasteiger partial charge in [0.25, 0.3) is 0 Å². The van der Waals surface area contributed by atoms with Crippen molar-refractivity contribution in [3.05, 3.63) is 34.9 Å². The minimum absolute atomic E-state index is 0.681. The molecule has 2 heteroatoms. The molecule has 1 aromatic carbocycles. The first-order chi connectivity index (χ1) is 8.70. The van der Waals surface area contributed by atoms with E-state index in [4.69, 9.17) is 10.5 Å². The van der Waals surface area contributed by atoms with Gasteiger partial charge in [-0.15, -0.1) is 0 Å². The Labute approximate surface area is 111 Å². The maximum atomic E-state index is 5.92. The molecule has 0 spiro atoms. The van der Waals surface area contributed by atoms with Gasteiger partial charge in [0.15, 0.2) is 0 Å². The highest BCUT2D eigenvalue weighted by Crippen LogP contribution is 2.31. The van der Waals surface area contributed by atoms with Crippen LogP contribution in [-0.4, -0.2) is 13.2 Å². The standard InChI is InChI=1S/C16H25NO/c1-12-6-7-13(2)16(8-12)11-18-10-15-5-3-4-14(15)9-17/h6-8,14-15H,3-5,9-11,17H2,1-2H3. The van der Waals surface area contributed by atoms with E-state index in [-0.39, 0.29) is 0 Å². The molecular weight excluding hydrogens is 222 g/mol. The molecule has 1 aliphatic carbocycles. The predicted octanol–water partition coefficient (Wildman–Crippen LogP) is 3.20. The first-order valence-corrected chi connectivity index (χ1v) is 7.04. The second-order valence-electron chi connectivity index (χ2n) is 5.63. The van der Waals surface area contributed by atoms with Crippen LogP contribution in [0.4, 0.5) is 0 Å². The van der Waals surface area contributed by atoms with Crippen molar-refractivity contribution in [1.29, 1.82) is 0 Å². The Morgan fingerprint density at radius 2 is 2.00 bits per heavy atom. The molecule has 0 amide bonds. The van der Waals surface area contributed by atoms with Crippen LogP contribution in [0.25, 0.3) is 0 Å². The van der Waals surface area contributed by atoms with Crippen molar-refractivity contribution in [2.24, 2.45) is 17.6 Å². The molecule has 1 fully saturated rings. The number of hydrogen-bond donors (Lipinski definition) is 1. The molecular formula is C16H25NO. The highest BCUT2D eigenvalue weighted by atomic mass is 16.5. The fourth-order valence-corrected chi connectivity index (χ4v) is 2.92. The van der Waals surface area contributed by atoms with Crippen molar-refractivity contribution < 1.29 is 4.74 Å². The zero-order valence-corrected chi connectivity index (χ0v) is 11.6. The zero-order chi connectivity index (χ0) is 13.0. The normalized spacial score (nSPS) is 23.5. The van der Waals surface area contributed by atoms with Crippen molar-refractivity contribution in [2.75, 3.05) is 13.2 Å². The van der Waals surface area contributed by atoms with Crippen LogP contribution in [0.1, 0.15) is 36.0 Å². The summed E-state index contributed by atoms with van der Waals surface area (Å²) >= 11 is 0. The lowest BCUT2D eigenvalue weighted by atomic mass is 9.97. The van der Waals surface area contributed by atoms with Gasteiger partial charge in [-0.05, 0) is 56.2 Å². The van der Waals surface area contributed by atoms with Crippen LogP contribution >= 0.6 is 0 Å². The topological polar surface area (TPSA) is 35.2 Å². The van der Waals surface area contributed by atoms with Crippen LogP contribution in [0.15, 0.2) is 18.2 Å². The van der Waals surface area contributed by atoms with E-state index in [0.29, 0.717) is 11.8 Å². The fourth-order valence-electron chi connectivity index (χ4n) is 2.92. The van der Waals surface area contributed by atoms with Gasteiger partial charge in [-0.1, -0.05) is 30.2 Å². The van der Waals surface area contributed by atoms with Crippen molar-refractivity contribution in [2.45, 2.75) is 39.7 Å². The molecule has 1 aromatic rings. The van der Waals surface area contributed by atoms with Crippen molar-refractivity contribution in [3.8, 4) is 0 Å². The lowest BCUT2D eigenvalue weighted by Crippen LogP contribution is -2.22. The number of aryl methyl sites for hydroxylation is 2. The average molecular weight is 247 g/mol. The Morgan fingerprint density at radius 1 is 1.22 bits per heavy atom. The first kappa shape index (κ1) is 13.6. The Kier molecular flexibility index (Phi) is 4.79. The lowest BCUT2D eigenvalue weighted by molar-refractivity contribution is 0.0750. The zero-order valence-electron chi connectivity index (χ0n) is 11.6. The first-order valence-electron chi connectivity index (χ1n) is 7.04. The largest absolute Gasteiger partial charge is 0.376 e. The summed E-state index contributed by atoms with van der Waals surface area (Å²) < 4.78 is 5.92. The third-order valence-electron chi connectivity index (χ3n) is 4.21. The van der Waals surface area contributed by atoms with E-state index in [9.17, 15) is 0 Å². The third kappa shape index (κ3) is 3.33. The molecule has 2 rings (SSSR count). The summed E-state index contributed by atoms with van der Waals surface area (Å²) in [5.41, 5.74) is 9.74. The van der Waals surface area contributed by atoms with Gasteiger partial charge in [0.2, 0.25) is 0 Å². The second kappa shape index (κ2) is 6.35. The van der Waals surface area contributed by atoms with Crippen molar-refractivity contribution >= 4 is 0 Å². The SMILES string of the molecule is Cc1ccc(C)c(COCC2CCCC2CN)c1. The monoisotopic (exact) mass is 247 g/mol. The molecule has 1 saturated carbocycles. The van der Waals surface area contributed by atoms with Crippen molar-refractivity contribution in [1.82, 2.24) is 0 Å². The third-order valence-corrected chi connectivity index (χ3v) is 4.21. The average Bonchev–Trinajstić information content (AvgIpc) is 2.81. The highest BCUT2D eigenvalue weighted by Gasteiger charge is 2.25. The molecule has 2 N–H and O–H groups in total. The smallest absolute Gasteiger partial charge is 0.0719 e. The Morgan fingerprint density at radius 3 is 2.78 bits per heavy atom. The molecule has 18 heavy (non-hydrogen) atoms. The summed E-state index contributed by atoms with van der Waals surface area (Å²) in [4.78, 5) is 0.